The first kappa shape index (κ1) is 47.3. The van der Waals surface area contributed by atoms with E-state index in [1.165, 1.54) is 29.8 Å². The van der Waals surface area contributed by atoms with Crippen LogP contribution in [0, 0.1) is 23.5 Å². The molecule has 0 saturated carbocycles. The van der Waals surface area contributed by atoms with E-state index in [4.69, 9.17) is 0 Å². The first-order valence-corrected chi connectivity index (χ1v) is 22.8. The molecule has 1 atom stereocenters. The Hall–Kier alpha value is -6.66. The normalized spacial score (nSPS) is 15.7. The van der Waals surface area contributed by atoms with Crippen LogP contribution in [0.15, 0.2) is 97.1 Å². The first-order chi connectivity index (χ1) is 32.1. The fraction of sp³-hybridized carbons (Fsp3) is 0.417. The minimum absolute atomic E-state index is 0. The van der Waals surface area contributed by atoms with E-state index in [1.54, 1.807) is 23.5 Å². The third-order valence-corrected chi connectivity index (χ3v) is 12.1. The quantitative estimate of drug-likeness (QED) is 0.0698. The maximum Gasteiger partial charge on any atom is 0.319 e. The molecule has 0 bridgehead atoms. The standard InChI is InChI=1S/C25H32FN7O.C23H28FN7O.4H2/c1-32-24(29-30-31-32)21-8-4-9-23(16-21)28-25(34)27-17-20-7-5-15-33(18-20)14-3-2-6-19-10-12-22(26)13-11-19;1-30-22(27-28-29-30)19-3-2-4-21(15-19)26-23(32)25-16-18-10-13-31(14-11-18)12-9-17-5-7-20(24)8-6-17;;;;/h4,8-13,16,20H,2-3,5-7,14-15,17-18H2,1H3,(H2,27,28,34);2-8,15,18H,9-14,16H2,1H3,(H2,25,26,32);4*1H. The lowest BCUT2D eigenvalue weighted by molar-refractivity contribution is 0.170. The Bertz CT molecular complexity index is 2460. The van der Waals surface area contributed by atoms with Crippen molar-refractivity contribution >= 4 is 23.4 Å². The molecule has 16 nitrogen and oxygen atoms in total. The Morgan fingerprint density at radius 2 is 1.15 bits per heavy atom. The minimum atomic E-state index is -0.211. The number of tetrazole rings is 2. The molecule has 4 aromatic carbocycles. The van der Waals surface area contributed by atoms with Gasteiger partial charge in [-0.2, -0.15) is 0 Å². The molecule has 2 aromatic heterocycles. The van der Waals surface area contributed by atoms with Gasteiger partial charge in [-0.05, 0) is 170 Å². The number of likely N-dealkylation sites (tertiary alicyclic amines) is 2. The third-order valence-electron chi connectivity index (χ3n) is 12.1. The van der Waals surface area contributed by atoms with Crippen molar-refractivity contribution in [2.75, 3.05) is 63.0 Å². The van der Waals surface area contributed by atoms with Crippen LogP contribution < -0.4 is 21.3 Å². The molecule has 2 saturated heterocycles. The molecule has 0 aliphatic carbocycles. The van der Waals surface area contributed by atoms with Crippen LogP contribution in [-0.2, 0) is 26.9 Å². The summed E-state index contributed by atoms with van der Waals surface area (Å²) in [6, 6.07) is 28.1. The van der Waals surface area contributed by atoms with Gasteiger partial charge >= 0.3 is 12.1 Å². The summed E-state index contributed by atoms with van der Waals surface area (Å²) in [6.07, 6.45) is 8.51. The molecule has 1 unspecified atom stereocenters. The number of hydrogen-bond donors (Lipinski definition) is 4. The number of urea groups is 2. The highest BCUT2D eigenvalue weighted by atomic mass is 19.1. The van der Waals surface area contributed by atoms with Crippen LogP contribution in [0.3, 0.4) is 0 Å². The number of nitrogens with zero attached hydrogens (tertiary/aromatic N) is 10. The van der Waals surface area contributed by atoms with E-state index in [9.17, 15) is 18.4 Å². The highest BCUT2D eigenvalue weighted by Crippen LogP contribution is 2.22. The molecule has 0 radical (unpaired) electrons. The van der Waals surface area contributed by atoms with Crippen molar-refractivity contribution in [2.45, 2.75) is 51.4 Å². The van der Waals surface area contributed by atoms with Crippen molar-refractivity contribution in [1.29, 1.82) is 0 Å². The van der Waals surface area contributed by atoms with Crippen molar-refractivity contribution in [1.82, 2.24) is 60.8 Å². The fourth-order valence-corrected chi connectivity index (χ4v) is 8.43. The molecule has 8 rings (SSSR count). The number of hydrogen-bond acceptors (Lipinski definition) is 10. The largest absolute Gasteiger partial charge is 0.338 e. The number of aryl methyl sites for hydroxylation is 3. The Kier molecular flexibility index (Phi) is 17.2. The van der Waals surface area contributed by atoms with Crippen LogP contribution >= 0.6 is 0 Å². The van der Waals surface area contributed by atoms with Gasteiger partial charge in [0.15, 0.2) is 11.6 Å². The van der Waals surface area contributed by atoms with Crippen molar-refractivity contribution < 1.29 is 24.1 Å². The van der Waals surface area contributed by atoms with E-state index in [0.29, 0.717) is 47.9 Å². The molecule has 2 aliphatic rings. The smallest absolute Gasteiger partial charge is 0.319 e. The molecular formula is C48H68F2N14O2. The summed E-state index contributed by atoms with van der Waals surface area (Å²) >= 11 is 0. The zero-order valence-electron chi connectivity index (χ0n) is 37.8. The van der Waals surface area contributed by atoms with E-state index in [0.717, 1.165) is 107 Å². The van der Waals surface area contributed by atoms with E-state index < -0.39 is 0 Å². The summed E-state index contributed by atoms with van der Waals surface area (Å²) in [5, 5.41) is 34.8. The molecule has 4 amide bonds. The predicted octanol–water partition coefficient (Wildman–Crippen LogP) is 7.95. The van der Waals surface area contributed by atoms with Gasteiger partial charge in [0.2, 0.25) is 0 Å². The topological polar surface area (TPSA) is 176 Å². The van der Waals surface area contributed by atoms with Crippen molar-refractivity contribution in [2.24, 2.45) is 25.9 Å². The number of unbranched alkanes of at least 4 members (excludes halogenated alkanes) is 1. The van der Waals surface area contributed by atoms with Crippen LogP contribution in [0.25, 0.3) is 22.8 Å². The van der Waals surface area contributed by atoms with Crippen LogP contribution in [0.2, 0.25) is 0 Å². The second-order valence-corrected chi connectivity index (χ2v) is 17.1. The number of anilines is 2. The number of rotatable bonds is 16. The lowest BCUT2D eigenvalue weighted by atomic mass is 9.96. The Morgan fingerprint density at radius 3 is 1.68 bits per heavy atom. The zero-order valence-corrected chi connectivity index (χ0v) is 37.8. The van der Waals surface area contributed by atoms with Gasteiger partial charge in [0.25, 0.3) is 0 Å². The van der Waals surface area contributed by atoms with Gasteiger partial charge in [-0.25, -0.2) is 27.7 Å². The molecule has 66 heavy (non-hydrogen) atoms. The second-order valence-electron chi connectivity index (χ2n) is 17.1. The van der Waals surface area contributed by atoms with Crippen LogP contribution in [-0.4, -0.2) is 115 Å². The average molecular weight is 911 g/mol. The number of aromatic nitrogens is 8. The SMILES string of the molecule is Cn1nnnc1-c1cccc(NC(=O)NCC2CCCN(CCCCc3ccc(F)cc3)C2)c1.Cn1nnnc1-c1cccc(NC(=O)NCC2CCN(CCc3ccc(F)cc3)CC2)c1.[HH].[HH].[HH].[HH]. The minimum Gasteiger partial charge on any atom is -0.338 e. The van der Waals surface area contributed by atoms with Gasteiger partial charge in [0.1, 0.15) is 11.6 Å². The summed E-state index contributed by atoms with van der Waals surface area (Å²) in [5.74, 6) is 1.83. The van der Waals surface area contributed by atoms with Gasteiger partial charge in [0.05, 0.1) is 0 Å². The number of nitrogens with one attached hydrogen (secondary N) is 4. The van der Waals surface area contributed by atoms with Crippen LogP contribution in [0.5, 0.6) is 0 Å². The molecular weight excluding hydrogens is 843 g/mol. The summed E-state index contributed by atoms with van der Waals surface area (Å²) in [6.45, 7) is 7.51. The zero-order chi connectivity index (χ0) is 46.1. The molecule has 18 heteroatoms. The van der Waals surface area contributed by atoms with Gasteiger partial charge in [-0.1, -0.05) is 48.5 Å². The summed E-state index contributed by atoms with van der Waals surface area (Å²) in [7, 11) is 3.55. The molecule has 4 heterocycles. The van der Waals surface area contributed by atoms with Gasteiger partial charge < -0.3 is 31.1 Å². The highest BCUT2D eigenvalue weighted by Gasteiger charge is 2.21. The third kappa shape index (κ3) is 14.7. The van der Waals surface area contributed by atoms with Crippen LogP contribution in [0.4, 0.5) is 29.7 Å². The van der Waals surface area contributed by atoms with Gasteiger partial charge in [-0.3, -0.25) is 0 Å². The number of carbonyl (C=O) groups is 2. The Morgan fingerprint density at radius 1 is 0.621 bits per heavy atom. The monoisotopic (exact) mass is 911 g/mol. The number of amides is 4. The Balaban J connectivity index is 0.000000351. The van der Waals surface area contributed by atoms with Gasteiger partial charge in [-0.15, -0.1) is 10.2 Å². The van der Waals surface area contributed by atoms with Crippen molar-refractivity contribution in [3.8, 4) is 22.8 Å². The Labute approximate surface area is 390 Å². The maximum absolute atomic E-state index is 13.0. The highest BCUT2D eigenvalue weighted by molar-refractivity contribution is 5.90. The van der Waals surface area contributed by atoms with Crippen LogP contribution in [0.1, 0.15) is 55.4 Å². The average Bonchev–Trinajstić information content (AvgIpc) is 3.98. The van der Waals surface area contributed by atoms with Gasteiger partial charge in [0, 0.05) is 68.5 Å². The van der Waals surface area contributed by atoms with E-state index >= 15 is 0 Å². The number of carbonyl (C=O) groups excluding carboxylic acids is 2. The molecule has 2 fully saturated rings. The summed E-state index contributed by atoms with van der Waals surface area (Å²) in [4.78, 5) is 29.8. The lowest BCUT2D eigenvalue weighted by Crippen LogP contribution is -2.42. The molecule has 0 spiro atoms. The molecule has 4 N–H and O–H groups in total. The van der Waals surface area contributed by atoms with E-state index in [2.05, 4.69) is 62.1 Å². The lowest BCUT2D eigenvalue weighted by Gasteiger charge is -2.32. The fourth-order valence-electron chi connectivity index (χ4n) is 8.43. The maximum atomic E-state index is 13.0. The van der Waals surface area contributed by atoms with E-state index in [1.807, 2.05) is 72.8 Å². The molecule has 6 aromatic rings. The number of piperidine rings is 2. The summed E-state index contributed by atoms with van der Waals surface area (Å²) < 4.78 is 29.2. The van der Waals surface area contributed by atoms with E-state index in [-0.39, 0.29) is 29.4 Å². The summed E-state index contributed by atoms with van der Waals surface area (Å²) in [5.41, 5.74) is 5.41. The number of benzene rings is 4. The number of halogens is 2. The van der Waals surface area contributed by atoms with Crippen molar-refractivity contribution in [3.05, 3.63) is 120 Å². The predicted molar refractivity (Wildman–Crippen MR) is 259 cm³/mol. The van der Waals surface area contributed by atoms with Crippen molar-refractivity contribution in [3.63, 3.8) is 0 Å². The molecule has 2 aliphatic heterocycles. The molecule has 356 valence electrons. The first-order valence-electron chi connectivity index (χ1n) is 22.8. The second kappa shape index (κ2) is 24.0.